The Labute approximate surface area is 156 Å². The number of hydrogen-bond acceptors (Lipinski definition) is 5. The Morgan fingerprint density at radius 2 is 2.00 bits per heavy atom. The van der Waals surface area contributed by atoms with Crippen LogP contribution in [0.25, 0.3) is 11.4 Å². The second-order valence-corrected chi connectivity index (χ2v) is 7.77. The fourth-order valence-electron chi connectivity index (χ4n) is 3.36. The number of hydrogen-bond donors (Lipinski definition) is 1. The zero-order chi connectivity index (χ0) is 17.9. The molecule has 0 atom stereocenters. The largest absolute Gasteiger partial charge is 0.321 e. The molecule has 0 bridgehead atoms. The number of carbonyl (C=O) groups is 1. The Bertz CT molecular complexity index is 904. The number of tetrazole rings is 1. The van der Waals surface area contributed by atoms with Crippen molar-refractivity contribution in [3.8, 4) is 11.4 Å². The van der Waals surface area contributed by atoms with Crippen molar-refractivity contribution in [2.45, 2.75) is 38.5 Å². The lowest BCUT2D eigenvalue weighted by molar-refractivity contribution is 0.103. The summed E-state index contributed by atoms with van der Waals surface area (Å²) in [6.45, 7) is 0. The summed E-state index contributed by atoms with van der Waals surface area (Å²) in [4.78, 5) is 14.9. The zero-order valence-corrected chi connectivity index (χ0v) is 15.6. The Hall–Kier alpha value is -2.54. The minimum Gasteiger partial charge on any atom is -0.321 e. The van der Waals surface area contributed by atoms with Crippen molar-refractivity contribution in [3.05, 3.63) is 45.6 Å². The number of anilines is 1. The molecule has 4 rings (SSSR count). The average Bonchev–Trinajstić information content (AvgIpc) is 3.21. The molecule has 26 heavy (non-hydrogen) atoms. The molecule has 134 valence electrons. The first-order chi connectivity index (χ1) is 12.7. The van der Waals surface area contributed by atoms with Gasteiger partial charge >= 0.3 is 0 Å². The van der Waals surface area contributed by atoms with Crippen LogP contribution in [0.1, 0.15) is 45.8 Å². The average molecular weight is 367 g/mol. The van der Waals surface area contributed by atoms with Crippen LogP contribution in [-0.2, 0) is 19.9 Å². The second-order valence-electron chi connectivity index (χ2n) is 6.63. The summed E-state index contributed by atoms with van der Waals surface area (Å²) < 4.78 is 1.61. The van der Waals surface area contributed by atoms with Gasteiger partial charge in [-0.05, 0) is 59.9 Å². The molecular weight excluding hydrogens is 346 g/mol. The van der Waals surface area contributed by atoms with Gasteiger partial charge in [0, 0.05) is 23.2 Å². The van der Waals surface area contributed by atoms with E-state index in [0.717, 1.165) is 29.0 Å². The molecule has 1 amide bonds. The molecule has 0 fully saturated rings. The third-order valence-electron chi connectivity index (χ3n) is 4.72. The lowest BCUT2D eigenvalue weighted by Gasteiger charge is -2.07. The van der Waals surface area contributed by atoms with Gasteiger partial charge in [-0.25, -0.2) is 4.68 Å². The van der Waals surface area contributed by atoms with Gasteiger partial charge in [0.25, 0.3) is 5.91 Å². The maximum atomic E-state index is 12.7. The van der Waals surface area contributed by atoms with E-state index in [9.17, 15) is 4.79 Å². The Kier molecular flexibility index (Phi) is 4.79. The van der Waals surface area contributed by atoms with E-state index in [2.05, 4.69) is 26.9 Å². The van der Waals surface area contributed by atoms with E-state index in [1.165, 1.54) is 36.1 Å². The van der Waals surface area contributed by atoms with Crippen LogP contribution in [0.3, 0.4) is 0 Å². The monoisotopic (exact) mass is 367 g/mol. The highest BCUT2D eigenvalue weighted by atomic mass is 32.1. The van der Waals surface area contributed by atoms with Crippen molar-refractivity contribution in [1.82, 2.24) is 20.2 Å². The Morgan fingerprint density at radius 1 is 1.15 bits per heavy atom. The van der Waals surface area contributed by atoms with Crippen molar-refractivity contribution in [1.29, 1.82) is 0 Å². The van der Waals surface area contributed by atoms with E-state index in [1.54, 1.807) is 23.1 Å². The molecule has 0 aliphatic heterocycles. The number of fused-ring (bicyclic) bond motifs is 1. The minimum absolute atomic E-state index is 0.0463. The smallest absolute Gasteiger partial charge is 0.265 e. The number of nitrogens with one attached hydrogen (secondary N) is 1. The van der Waals surface area contributed by atoms with Crippen molar-refractivity contribution in [2.75, 3.05) is 5.32 Å². The highest BCUT2D eigenvalue weighted by molar-refractivity contribution is 7.14. The SMILES string of the molecule is Cn1nnnc1-c1cccc(NC(=O)c2cc3c(s2)CCCCCC3)c1. The van der Waals surface area contributed by atoms with Crippen LogP contribution in [0.4, 0.5) is 5.69 Å². The normalized spacial score (nSPS) is 14.3. The molecule has 6 nitrogen and oxygen atoms in total. The van der Waals surface area contributed by atoms with Gasteiger partial charge in [-0.3, -0.25) is 4.79 Å². The van der Waals surface area contributed by atoms with Crippen molar-refractivity contribution in [2.24, 2.45) is 7.05 Å². The van der Waals surface area contributed by atoms with E-state index in [-0.39, 0.29) is 5.91 Å². The molecule has 1 aromatic carbocycles. The van der Waals surface area contributed by atoms with Crippen LogP contribution in [0.5, 0.6) is 0 Å². The topological polar surface area (TPSA) is 72.7 Å². The first-order valence-electron chi connectivity index (χ1n) is 8.96. The van der Waals surface area contributed by atoms with E-state index in [0.29, 0.717) is 5.82 Å². The molecule has 1 N–H and O–H groups in total. The molecule has 0 saturated carbocycles. The molecule has 1 aliphatic carbocycles. The summed E-state index contributed by atoms with van der Waals surface area (Å²) in [5, 5.41) is 14.6. The predicted molar refractivity (Wildman–Crippen MR) is 102 cm³/mol. The Balaban J connectivity index is 1.53. The first kappa shape index (κ1) is 16.9. The zero-order valence-electron chi connectivity index (χ0n) is 14.7. The molecule has 0 spiro atoms. The molecule has 2 aromatic heterocycles. The third-order valence-corrected chi connectivity index (χ3v) is 5.96. The molecule has 0 radical (unpaired) electrons. The van der Waals surface area contributed by atoms with E-state index in [1.807, 2.05) is 24.3 Å². The van der Waals surface area contributed by atoms with Crippen LogP contribution in [0, 0.1) is 0 Å². The molecule has 0 unspecified atom stereocenters. The number of nitrogens with zero attached hydrogens (tertiary/aromatic N) is 4. The number of rotatable bonds is 3. The molecule has 7 heteroatoms. The summed E-state index contributed by atoms with van der Waals surface area (Å²) in [6.07, 6.45) is 7.22. The fourth-order valence-corrected chi connectivity index (χ4v) is 4.51. The highest BCUT2D eigenvalue weighted by Gasteiger charge is 2.16. The number of thiophene rings is 1. The molecule has 2 heterocycles. The fraction of sp³-hybridized carbons (Fsp3) is 0.368. The van der Waals surface area contributed by atoms with Crippen LogP contribution < -0.4 is 5.32 Å². The molecule has 1 aliphatic rings. The van der Waals surface area contributed by atoms with Crippen molar-refractivity contribution in [3.63, 3.8) is 0 Å². The van der Waals surface area contributed by atoms with Gasteiger partial charge in [-0.2, -0.15) is 0 Å². The summed E-state index contributed by atoms with van der Waals surface area (Å²) in [5.74, 6) is 0.621. The van der Waals surface area contributed by atoms with Gasteiger partial charge in [0.2, 0.25) is 0 Å². The number of amides is 1. The van der Waals surface area contributed by atoms with Crippen LogP contribution >= 0.6 is 11.3 Å². The Morgan fingerprint density at radius 3 is 2.81 bits per heavy atom. The maximum absolute atomic E-state index is 12.7. The number of carbonyl (C=O) groups excluding carboxylic acids is 1. The highest BCUT2D eigenvalue weighted by Crippen LogP contribution is 2.29. The van der Waals surface area contributed by atoms with Gasteiger partial charge in [0.1, 0.15) is 0 Å². The van der Waals surface area contributed by atoms with Crippen LogP contribution in [0.15, 0.2) is 30.3 Å². The third kappa shape index (κ3) is 3.53. The number of aromatic nitrogens is 4. The van der Waals surface area contributed by atoms with Gasteiger partial charge in [0.15, 0.2) is 5.82 Å². The lowest BCUT2D eigenvalue weighted by atomic mass is 10.00. The standard InChI is InChI=1S/C19H21N5OS/c1-24-18(21-22-23-24)14-8-6-9-15(11-14)20-19(25)17-12-13-7-4-2-3-5-10-16(13)26-17/h6,8-9,11-12H,2-5,7,10H2,1H3,(H,20,25). The van der Waals surface area contributed by atoms with Crippen LogP contribution in [-0.4, -0.2) is 26.1 Å². The maximum Gasteiger partial charge on any atom is 0.265 e. The van der Waals surface area contributed by atoms with Gasteiger partial charge in [0.05, 0.1) is 4.88 Å². The summed E-state index contributed by atoms with van der Waals surface area (Å²) in [6, 6.07) is 9.69. The predicted octanol–water partition coefficient (Wildman–Crippen LogP) is 3.85. The molecule has 3 aromatic rings. The van der Waals surface area contributed by atoms with E-state index >= 15 is 0 Å². The van der Waals surface area contributed by atoms with Crippen molar-refractivity contribution < 1.29 is 4.79 Å². The summed E-state index contributed by atoms with van der Waals surface area (Å²) >= 11 is 1.64. The molecule has 0 saturated heterocycles. The summed E-state index contributed by atoms with van der Waals surface area (Å²) in [7, 11) is 1.79. The summed E-state index contributed by atoms with van der Waals surface area (Å²) in [5.41, 5.74) is 2.98. The lowest BCUT2D eigenvalue weighted by Crippen LogP contribution is -2.10. The second kappa shape index (κ2) is 7.37. The van der Waals surface area contributed by atoms with Crippen LogP contribution in [0.2, 0.25) is 0 Å². The van der Waals surface area contributed by atoms with Crippen molar-refractivity contribution >= 4 is 22.9 Å². The number of benzene rings is 1. The van der Waals surface area contributed by atoms with Gasteiger partial charge in [-0.1, -0.05) is 25.0 Å². The molecular formula is C19H21N5OS. The number of aryl methyl sites for hydroxylation is 3. The van der Waals surface area contributed by atoms with E-state index in [4.69, 9.17) is 0 Å². The first-order valence-corrected chi connectivity index (χ1v) is 9.78. The van der Waals surface area contributed by atoms with Gasteiger partial charge in [-0.15, -0.1) is 16.4 Å². The van der Waals surface area contributed by atoms with E-state index < -0.39 is 0 Å². The quantitative estimate of drug-likeness (QED) is 0.763. The minimum atomic E-state index is -0.0463. The van der Waals surface area contributed by atoms with Gasteiger partial charge < -0.3 is 5.32 Å².